The minimum atomic E-state index is -1.48. The van der Waals surface area contributed by atoms with Gasteiger partial charge in [0, 0.05) is 23.5 Å². The van der Waals surface area contributed by atoms with Crippen LogP contribution in [0.2, 0.25) is 0 Å². The molecule has 0 unspecified atom stereocenters. The number of H-pyrrole nitrogens is 1. The minimum Gasteiger partial charge on any atom is -0.465 e. The van der Waals surface area contributed by atoms with E-state index in [0.29, 0.717) is 10.9 Å². The Balaban J connectivity index is 2.41. The number of esters is 2. The van der Waals surface area contributed by atoms with Gasteiger partial charge in [0.2, 0.25) is 0 Å². The second-order valence-corrected chi connectivity index (χ2v) is 5.45. The zero-order valence-electron chi connectivity index (χ0n) is 13.4. The molecular formula is C17H20FNO4. The number of nitrogens with one attached hydrogen (secondary N) is 1. The molecule has 23 heavy (non-hydrogen) atoms. The van der Waals surface area contributed by atoms with Gasteiger partial charge < -0.3 is 14.5 Å². The number of aromatic amines is 1. The van der Waals surface area contributed by atoms with Crippen LogP contribution in [0, 0.1) is 11.2 Å². The fraction of sp³-hybridized carbons (Fsp3) is 0.412. The molecule has 0 spiro atoms. The highest BCUT2D eigenvalue weighted by molar-refractivity contribution is 6.00. The standard InChI is InChI=1S/C17H20FNO4/c1-4-22-15(20)17(3,16(21)23-5-2)9-11-10-19-14-7-6-12(18)8-13(11)14/h6-8,10,19H,4-5,9H2,1-3H3. The Hall–Kier alpha value is -2.37. The predicted octanol–water partition coefficient (Wildman–Crippen LogP) is 2.98. The molecule has 0 amide bonds. The van der Waals surface area contributed by atoms with E-state index in [1.54, 1.807) is 26.1 Å². The van der Waals surface area contributed by atoms with Gasteiger partial charge in [-0.05, 0) is 44.5 Å². The van der Waals surface area contributed by atoms with Crippen LogP contribution >= 0.6 is 0 Å². The molecule has 0 radical (unpaired) electrons. The minimum absolute atomic E-state index is 0.0636. The van der Waals surface area contributed by atoms with E-state index in [1.165, 1.54) is 19.1 Å². The third kappa shape index (κ3) is 3.36. The second-order valence-electron chi connectivity index (χ2n) is 5.45. The van der Waals surface area contributed by atoms with Crippen LogP contribution in [0.25, 0.3) is 10.9 Å². The lowest BCUT2D eigenvalue weighted by molar-refractivity contribution is -0.170. The third-order valence-electron chi connectivity index (χ3n) is 3.73. The maximum atomic E-state index is 13.5. The number of hydrogen-bond donors (Lipinski definition) is 1. The SMILES string of the molecule is CCOC(=O)C(C)(Cc1c[nH]c2ccc(F)cc12)C(=O)OCC. The highest BCUT2D eigenvalue weighted by Gasteiger charge is 2.44. The number of hydrogen-bond acceptors (Lipinski definition) is 4. The summed E-state index contributed by atoms with van der Waals surface area (Å²) in [5.41, 5.74) is -0.0902. The predicted molar refractivity (Wildman–Crippen MR) is 83.3 cm³/mol. The summed E-state index contributed by atoms with van der Waals surface area (Å²) >= 11 is 0. The Morgan fingerprint density at radius 2 is 1.78 bits per heavy atom. The van der Waals surface area contributed by atoms with Crippen molar-refractivity contribution in [2.45, 2.75) is 27.2 Å². The summed E-state index contributed by atoms with van der Waals surface area (Å²) in [4.78, 5) is 27.6. The summed E-state index contributed by atoms with van der Waals surface area (Å²) in [6.45, 7) is 5.16. The zero-order chi connectivity index (χ0) is 17.0. The number of ether oxygens (including phenoxy) is 2. The molecule has 1 heterocycles. The van der Waals surface area contributed by atoms with Gasteiger partial charge in [-0.15, -0.1) is 0 Å². The molecule has 2 rings (SSSR count). The Labute approximate surface area is 133 Å². The first-order valence-electron chi connectivity index (χ1n) is 7.52. The van der Waals surface area contributed by atoms with Gasteiger partial charge in [0.1, 0.15) is 5.82 Å². The largest absolute Gasteiger partial charge is 0.465 e. The number of carbonyl (C=O) groups excluding carboxylic acids is 2. The lowest BCUT2D eigenvalue weighted by Gasteiger charge is -2.24. The van der Waals surface area contributed by atoms with E-state index in [9.17, 15) is 14.0 Å². The number of halogens is 1. The summed E-state index contributed by atoms with van der Waals surface area (Å²) in [6, 6.07) is 4.33. The fourth-order valence-corrected chi connectivity index (χ4v) is 2.49. The van der Waals surface area contributed by atoms with Gasteiger partial charge in [-0.1, -0.05) is 0 Å². The maximum absolute atomic E-state index is 13.5. The van der Waals surface area contributed by atoms with Crippen molar-refractivity contribution in [2.24, 2.45) is 5.41 Å². The van der Waals surface area contributed by atoms with Crippen LogP contribution in [0.15, 0.2) is 24.4 Å². The molecule has 2 aromatic rings. The summed E-state index contributed by atoms with van der Waals surface area (Å²) in [6.07, 6.45) is 1.73. The summed E-state index contributed by atoms with van der Waals surface area (Å²) in [5, 5.41) is 0.629. The van der Waals surface area contributed by atoms with Gasteiger partial charge in [-0.3, -0.25) is 9.59 Å². The number of fused-ring (bicyclic) bond motifs is 1. The van der Waals surface area contributed by atoms with Crippen molar-refractivity contribution in [1.29, 1.82) is 0 Å². The van der Waals surface area contributed by atoms with Gasteiger partial charge in [0.25, 0.3) is 0 Å². The van der Waals surface area contributed by atoms with E-state index in [-0.39, 0.29) is 25.5 Å². The molecule has 1 aromatic heterocycles. The van der Waals surface area contributed by atoms with Crippen LogP contribution in [0.5, 0.6) is 0 Å². The van der Waals surface area contributed by atoms with E-state index >= 15 is 0 Å². The molecular weight excluding hydrogens is 301 g/mol. The van der Waals surface area contributed by atoms with Crippen LogP contribution in [0.3, 0.4) is 0 Å². The summed E-state index contributed by atoms with van der Waals surface area (Å²) < 4.78 is 23.6. The van der Waals surface area contributed by atoms with E-state index in [1.807, 2.05) is 0 Å². The quantitative estimate of drug-likeness (QED) is 0.656. The first kappa shape index (κ1) is 17.0. The molecule has 6 heteroatoms. The molecule has 1 N–H and O–H groups in total. The number of carbonyl (C=O) groups is 2. The van der Waals surface area contributed by atoms with Gasteiger partial charge in [-0.2, -0.15) is 0 Å². The number of benzene rings is 1. The zero-order valence-corrected chi connectivity index (χ0v) is 13.4. The third-order valence-corrected chi connectivity index (χ3v) is 3.73. The van der Waals surface area contributed by atoms with Crippen LogP contribution in [0.1, 0.15) is 26.3 Å². The van der Waals surface area contributed by atoms with Crippen LogP contribution in [-0.2, 0) is 25.5 Å². The summed E-state index contributed by atoms with van der Waals surface area (Å²) in [5.74, 6) is -1.68. The molecule has 0 saturated carbocycles. The Bertz CT molecular complexity index is 704. The van der Waals surface area contributed by atoms with Gasteiger partial charge in [-0.25, -0.2) is 4.39 Å². The first-order chi connectivity index (χ1) is 10.9. The fourth-order valence-electron chi connectivity index (χ4n) is 2.49. The van der Waals surface area contributed by atoms with E-state index in [2.05, 4.69) is 4.98 Å². The smallest absolute Gasteiger partial charge is 0.323 e. The average molecular weight is 321 g/mol. The van der Waals surface area contributed by atoms with Crippen molar-refractivity contribution in [3.8, 4) is 0 Å². The van der Waals surface area contributed by atoms with Crippen LogP contribution < -0.4 is 0 Å². The monoisotopic (exact) mass is 321 g/mol. The molecule has 0 aliphatic rings. The number of aromatic nitrogens is 1. The maximum Gasteiger partial charge on any atom is 0.323 e. The molecule has 124 valence electrons. The van der Waals surface area contributed by atoms with Crippen molar-refractivity contribution in [3.05, 3.63) is 35.8 Å². The molecule has 5 nitrogen and oxygen atoms in total. The molecule has 0 atom stereocenters. The topological polar surface area (TPSA) is 68.4 Å². The molecule has 0 saturated heterocycles. The molecule has 1 aromatic carbocycles. The van der Waals surface area contributed by atoms with Gasteiger partial charge in [0.15, 0.2) is 5.41 Å². The van der Waals surface area contributed by atoms with E-state index < -0.39 is 17.4 Å². The highest BCUT2D eigenvalue weighted by atomic mass is 19.1. The first-order valence-corrected chi connectivity index (χ1v) is 7.52. The molecule has 0 fully saturated rings. The Morgan fingerprint density at radius 1 is 1.17 bits per heavy atom. The van der Waals surface area contributed by atoms with Crippen molar-refractivity contribution < 1.29 is 23.5 Å². The van der Waals surface area contributed by atoms with Crippen LogP contribution in [0.4, 0.5) is 4.39 Å². The summed E-state index contributed by atoms with van der Waals surface area (Å²) in [7, 11) is 0. The van der Waals surface area contributed by atoms with Gasteiger partial charge >= 0.3 is 11.9 Å². The number of rotatable bonds is 6. The van der Waals surface area contributed by atoms with Gasteiger partial charge in [0.05, 0.1) is 13.2 Å². The molecule has 0 aliphatic heterocycles. The lowest BCUT2D eigenvalue weighted by atomic mass is 9.83. The lowest BCUT2D eigenvalue weighted by Crippen LogP contribution is -2.41. The van der Waals surface area contributed by atoms with Crippen molar-refractivity contribution >= 4 is 22.8 Å². The van der Waals surface area contributed by atoms with Crippen LogP contribution in [-0.4, -0.2) is 30.1 Å². The van der Waals surface area contributed by atoms with E-state index in [0.717, 1.165) is 5.52 Å². The Kier molecular flexibility index (Phi) is 5.03. The van der Waals surface area contributed by atoms with Crippen molar-refractivity contribution in [2.75, 3.05) is 13.2 Å². The van der Waals surface area contributed by atoms with Crippen molar-refractivity contribution in [1.82, 2.24) is 4.98 Å². The Morgan fingerprint density at radius 3 is 2.35 bits per heavy atom. The highest BCUT2D eigenvalue weighted by Crippen LogP contribution is 2.30. The average Bonchev–Trinajstić information content (AvgIpc) is 2.89. The normalized spacial score (nSPS) is 11.5. The molecule has 0 aliphatic carbocycles. The molecule has 0 bridgehead atoms. The van der Waals surface area contributed by atoms with E-state index in [4.69, 9.17) is 9.47 Å². The second kappa shape index (κ2) is 6.81. The van der Waals surface area contributed by atoms with Crippen molar-refractivity contribution in [3.63, 3.8) is 0 Å².